The monoisotopic (exact) mass is 432 g/mol. The summed E-state index contributed by atoms with van der Waals surface area (Å²) < 4.78 is 78.1. The van der Waals surface area contributed by atoms with Gasteiger partial charge in [0.15, 0.2) is 29.0 Å². The molecule has 1 heterocycles. The Labute approximate surface area is 173 Å². The van der Waals surface area contributed by atoms with Gasteiger partial charge in [-0.15, -0.1) is 0 Å². The molecule has 3 aromatic carbocycles. The standard InChI is InChI=1S/C23H13F5O3/c1-11-2-4-12(5-3-11)8-17-23(29)14-7-6-13(9-16(14)31-17)30-10-15-18(24)20(26)22(28)21(27)19(15)25/h2-9H,10H2,1H3. The molecule has 0 spiro atoms. The van der Waals surface area contributed by atoms with Gasteiger partial charge in [0.2, 0.25) is 11.6 Å². The number of fused-ring (bicyclic) bond motifs is 1. The molecule has 0 aliphatic carbocycles. The molecule has 1 aliphatic rings. The highest BCUT2D eigenvalue weighted by Gasteiger charge is 2.29. The number of ether oxygens (including phenoxy) is 2. The van der Waals surface area contributed by atoms with Gasteiger partial charge in [0.05, 0.1) is 11.1 Å². The molecule has 3 aromatic rings. The topological polar surface area (TPSA) is 35.5 Å². The maximum Gasteiger partial charge on any atom is 0.231 e. The number of ketones is 1. The zero-order chi connectivity index (χ0) is 22.3. The van der Waals surface area contributed by atoms with E-state index in [9.17, 15) is 26.7 Å². The fourth-order valence-electron chi connectivity index (χ4n) is 3.00. The molecule has 1 aliphatic heterocycles. The van der Waals surface area contributed by atoms with E-state index in [1.54, 1.807) is 6.08 Å². The molecule has 8 heteroatoms. The molecule has 3 nitrogen and oxygen atoms in total. The van der Waals surface area contributed by atoms with E-state index in [1.165, 1.54) is 18.2 Å². The zero-order valence-electron chi connectivity index (χ0n) is 15.9. The third kappa shape index (κ3) is 3.76. The zero-order valence-corrected chi connectivity index (χ0v) is 15.9. The summed E-state index contributed by atoms with van der Waals surface area (Å²) >= 11 is 0. The van der Waals surface area contributed by atoms with Crippen molar-refractivity contribution in [2.75, 3.05) is 0 Å². The molecule has 0 fully saturated rings. The number of carbonyl (C=O) groups is 1. The minimum absolute atomic E-state index is 0.0204. The highest BCUT2D eigenvalue weighted by Crippen LogP contribution is 2.35. The van der Waals surface area contributed by atoms with E-state index in [1.807, 2.05) is 31.2 Å². The van der Waals surface area contributed by atoms with E-state index >= 15 is 0 Å². The van der Waals surface area contributed by atoms with E-state index in [0.29, 0.717) is 0 Å². The lowest BCUT2D eigenvalue weighted by molar-refractivity contribution is 0.101. The second-order valence-electron chi connectivity index (χ2n) is 6.85. The van der Waals surface area contributed by atoms with Crippen LogP contribution in [0.5, 0.6) is 11.5 Å². The second-order valence-corrected chi connectivity index (χ2v) is 6.85. The fourth-order valence-corrected chi connectivity index (χ4v) is 3.00. The Bertz CT molecular complexity index is 1200. The van der Waals surface area contributed by atoms with Crippen molar-refractivity contribution in [3.05, 3.63) is 99.6 Å². The quantitative estimate of drug-likeness (QED) is 0.223. The minimum Gasteiger partial charge on any atom is -0.489 e. The normalized spacial score (nSPS) is 14.0. The van der Waals surface area contributed by atoms with Crippen LogP contribution in [0.3, 0.4) is 0 Å². The van der Waals surface area contributed by atoms with Gasteiger partial charge in [-0.3, -0.25) is 4.79 Å². The first kappa shape index (κ1) is 20.6. The van der Waals surface area contributed by atoms with E-state index in [0.717, 1.165) is 11.1 Å². The van der Waals surface area contributed by atoms with Crippen molar-refractivity contribution in [3.63, 3.8) is 0 Å². The lowest BCUT2D eigenvalue weighted by Crippen LogP contribution is -2.09. The largest absolute Gasteiger partial charge is 0.489 e. The van der Waals surface area contributed by atoms with E-state index < -0.39 is 41.3 Å². The van der Waals surface area contributed by atoms with Gasteiger partial charge in [0, 0.05) is 6.07 Å². The summed E-state index contributed by atoms with van der Waals surface area (Å²) in [6, 6.07) is 11.4. The highest BCUT2D eigenvalue weighted by molar-refractivity contribution is 6.14. The van der Waals surface area contributed by atoms with E-state index in [2.05, 4.69) is 0 Å². The summed E-state index contributed by atoms with van der Waals surface area (Å²) in [5.74, 6) is -10.4. The van der Waals surface area contributed by atoms with Gasteiger partial charge in [0.25, 0.3) is 0 Å². The Morgan fingerprint density at radius 1 is 0.871 bits per heavy atom. The first-order chi connectivity index (χ1) is 14.8. The van der Waals surface area contributed by atoms with Crippen LogP contribution in [-0.4, -0.2) is 5.78 Å². The number of hydrogen-bond donors (Lipinski definition) is 0. The molecule has 158 valence electrons. The van der Waals surface area contributed by atoms with Crippen molar-refractivity contribution in [2.45, 2.75) is 13.5 Å². The average Bonchev–Trinajstić information content (AvgIpc) is 3.07. The Balaban J connectivity index is 1.55. The second kappa shape index (κ2) is 7.86. The molecule has 0 atom stereocenters. The smallest absolute Gasteiger partial charge is 0.231 e. The molecule has 0 bridgehead atoms. The molecule has 0 saturated carbocycles. The van der Waals surface area contributed by atoms with Crippen LogP contribution < -0.4 is 9.47 Å². The van der Waals surface area contributed by atoms with Gasteiger partial charge in [0.1, 0.15) is 18.1 Å². The van der Waals surface area contributed by atoms with Crippen molar-refractivity contribution in [1.29, 1.82) is 0 Å². The summed E-state index contributed by atoms with van der Waals surface area (Å²) in [5.41, 5.74) is 0.958. The Kier molecular flexibility index (Phi) is 5.22. The number of benzene rings is 3. The predicted octanol–water partition coefficient (Wildman–Crippen LogP) is 5.89. The summed E-state index contributed by atoms with van der Waals surface area (Å²) in [5, 5.41) is 0. The summed E-state index contributed by atoms with van der Waals surface area (Å²) in [6.07, 6.45) is 1.57. The molecule has 4 rings (SSSR count). The summed E-state index contributed by atoms with van der Waals surface area (Å²) in [7, 11) is 0. The molecule has 0 aromatic heterocycles. The Hall–Kier alpha value is -3.68. The molecule has 0 radical (unpaired) electrons. The van der Waals surface area contributed by atoms with Gasteiger partial charge in [-0.1, -0.05) is 29.8 Å². The van der Waals surface area contributed by atoms with Crippen LogP contribution in [0.15, 0.2) is 48.2 Å². The SMILES string of the molecule is Cc1ccc(C=C2Oc3cc(OCc4c(F)c(F)c(F)c(F)c4F)ccc3C2=O)cc1. The van der Waals surface area contributed by atoms with Crippen LogP contribution in [0, 0.1) is 36.0 Å². The van der Waals surface area contributed by atoms with Gasteiger partial charge >= 0.3 is 0 Å². The van der Waals surface area contributed by atoms with Crippen molar-refractivity contribution in [1.82, 2.24) is 0 Å². The third-order valence-electron chi connectivity index (χ3n) is 4.70. The third-order valence-corrected chi connectivity index (χ3v) is 4.70. The number of halogens is 5. The number of aryl methyl sites for hydroxylation is 1. The van der Waals surface area contributed by atoms with Crippen molar-refractivity contribution < 1.29 is 36.2 Å². The van der Waals surface area contributed by atoms with Crippen LogP contribution in [-0.2, 0) is 6.61 Å². The minimum atomic E-state index is -2.24. The molecule has 0 saturated heterocycles. The average molecular weight is 432 g/mol. The van der Waals surface area contributed by atoms with Crippen molar-refractivity contribution >= 4 is 11.9 Å². The number of Topliss-reactive ketones (excluding diaryl/α,β-unsaturated/α-hetero) is 1. The number of carbonyl (C=O) groups excluding carboxylic acids is 1. The van der Waals surface area contributed by atoms with Gasteiger partial charge in [-0.25, -0.2) is 22.0 Å². The number of rotatable bonds is 4. The lowest BCUT2D eigenvalue weighted by atomic mass is 10.1. The maximum atomic E-state index is 13.8. The predicted molar refractivity (Wildman–Crippen MR) is 101 cm³/mol. The van der Waals surface area contributed by atoms with Gasteiger partial charge < -0.3 is 9.47 Å². The van der Waals surface area contributed by atoms with Crippen molar-refractivity contribution in [2.24, 2.45) is 0 Å². The summed E-state index contributed by atoms with van der Waals surface area (Å²) in [6.45, 7) is 1.02. The fraction of sp³-hybridized carbons (Fsp3) is 0.0870. The molecule has 0 N–H and O–H groups in total. The van der Waals surface area contributed by atoms with Crippen LogP contribution in [0.1, 0.15) is 27.0 Å². The number of hydrogen-bond acceptors (Lipinski definition) is 3. The van der Waals surface area contributed by atoms with Crippen molar-refractivity contribution in [3.8, 4) is 11.5 Å². The summed E-state index contributed by atoms with van der Waals surface area (Å²) in [4.78, 5) is 12.5. The van der Waals surface area contributed by atoms with Crippen LogP contribution in [0.25, 0.3) is 6.08 Å². The number of allylic oxidation sites excluding steroid dienone is 1. The molecular weight excluding hydrogens is 419 g/mol. The van der Waals surface area contributed by atoms with Gasteiger partial charge in [-0.05, 0) is 30.7 Å². The lowest BCUT2D eigenvalue weighted by Gasteiger charge is -2.10. The Morgan fingerprint density at radius 2 is 1.48 bits per heavy atom. The van der Waals surface area contributed by atoms with E-state index in [4.69, 9.17) is 9.47 Å². The van der Waals surface area contributed by atoms with Crippen LogP contribution in [0.4, 0.5) is 22.0 Å². The Morgan fingerprint density at radius 3 is 2.13 bits per heavy atom. The van der Waals surface area contributed by atoms with E-state index in [-0.39, 0.29) is 28.6 Å². The van der Waals surface area contributed by atoms with Gasteiger partial charge in [-0.2, -0.15) is 0 Å². The first-order valence-corrected chi connectivity index (χ1v) is 9.04. The van der Waals surface area contributed by atoms with Crippen LogP contribution >= 0.6 is 0 Å². The first-order valence-electron chi connectivity index (χ1n) is 9.04. The maximum absolute atomic E-state index is 13.8. The molecular formula is C23H13F5O3. The van der Waals surface area contributed by atoms with Crippen LogP contribution in [0.2, 0.25) is 0 Å². The molecule has 31 heavy (non-hydrogen) atoms. The molecule has 0 unspecified atom stereocenters. The molecule has 0 amide bonds. The highest BCUT2D eigenvalue weighted by atomic mass is 19.2.